The second-order valence-corrected chi connectivity index (χ2v) is 10.3. The summed E-state index contributed by atoms with van der Waals surface area (Å²) < 4.78 is 17.5. The lowest BCUT2D eigenvalue weighted by atomic mass is 9.45. The third kappa shape index (κ3) is 2.43. The normalized spacial score (nSPS) is 55.8. The van der Waals surface area contributed by atoms with Crippen molar-refractivity contribution >= 4 is 7.32 Å². The number of rotatable bonds is 2. The molecule has 0 spiro atoms. The Balaban J connectivity index is 1.37. The van der Waals surface area contributed by atoms with Crippen molar-refractivity contribution in [1.82, 2.24) is 0 Å². The topological polar surface area (TPSA) is 47.9 Å². The van der Waals surface area contributed by atoms with Gasteiger partial charge in [-0.25, -0.2) is 0 Å². The van der Waals surface area contributed by atoms with E-state index in [4.69, 9.17) is 14.0 Å². The van der Waals surface area contributed by atoms with Crippen LogP contribution in [0, 0.1) is 34.5 Å². The van der Waals surface area contributed by atoms with E-state index in [0.717, 1.165) is 30.8 Å². The summed E-state index contributed by atoms with van der Waals surface area (Å²) in [5, 5.41) is 9.78. The van der Waals surface area contributed by atoms with Crippen LogP contribution in [0.4, 0.5) is 0 Å². The predicted octanol–water partition coefficient (Wildman–Crippen LogP) is 3.81. The summed E-state index contributed by atoms with van der Waals surface area (Å²) in [6.07, 6.45) is 10.9. The largest absolute Gasteiger partial charge is 0.637 e. The van der Waals surface area contributed by atoms with Gasteiger partial charge in [-0.05, 0) is 92.8 Å². The molecular formula is C21H35BO4. The molecule has 9 atom stereocenters. The lowest BCUT2D eigenvalue weighted by Gasteiger charge is -2.61. The van der Waals surface area contributed by atoms with E-state index < -0.39 is 7.32 Å². The van der Waals surface area contributed by atoms with Crippen LogP contribution >= 0.6 is 0 Å². The van der Waals surface area contributed by atoms with Crippen LogP contribution in [0.15, 0.2) is 0 Å². The smallest absolute Gasteiger partial charge is 0.402 e. The quantitative estimate of drug-likeness (QED) is 0.759. The molecule has 4 saturated carbocycles. The maximum Gasteiger partial charge on any atom is 0.637 e. The maximum atomic E-state index is 9.78. The van der Waals surface area contributed by atoms with E-state index in [1.165, 1.54) is 44.9 Å². The van der Waals surface area contributed by atoms with Gasteiger partial charge in [0.2, 0.25) is 0 Å². The van der Waals surface area contributed by atoms with Crippen molar-refractivity contribution in [2.24, 2.45) is 34.5 Å². The van der Waals surface area contributed by atoms with Crippen molar-refractivity contribution in [2.45, 2.75) is 90.4 Å². The van der Waals surface area contributed by atoms with E-state index in [0.29, 0.717) is 17.4 Å². The summed E-state index contributed by atoms with van der Waals surface area (Å²) in [7, 11) is -0.998. The van der Waals surface area contributed by atoms with Crippen molar-refractivity contribution in [3.63, 3.8) is 0 Å². The van der Waals surface area contributed by atoms with Gasteiger partial charge in [0.25, 0.3) is 0 Å². The minimum atomic E-state index is -0.998. The summed E-state index contributed by atoms with van der Waals surface area (Å²) in [6, 6.07) is 0. The zero-order chi connectivity index (χ0) is 18.1. The lowest BCUT2D eigenvalue weighted by Crippen LogP contribution is -2.54. The number of fused-ring (bicyclic) bond motifs is 7. The van der Waals surface area contributed by atoms with Gasteiger partial charge in [-0.2, -0.15) is 0 Å². The molecule has 1 aliphatic heterocycles. The molecule has 5 rings (SSSR count). The van der Waals surface area contributed by atoms with Crippen molar-refractivity contribution in [2.75, 3.05) is 6.61 Å². The standard InChI is InChI=1S/C21H35BO4/c1-4-24-14-7-9-20(2)13(11-14)5-6-15-16(20)8-10-21(3)17(15)12-18-19(21)26-22(23)25-18/h13-19,23H,4-12H2,1-3H3/t13-,14-,15-,16+,17+,18-,19+,20-,21-/m0/s1. The first-order chi connectivity index (χ1) is 12.5. The zero-order valence-corrected chi connectivity index (χ0v) is 16.7. The van der Waals surface area contributed by atoms with Crippen LogP contribution in [0.1, 0.15) is 72.1 Å². The molecule has 0 amide bonds. The Hall–Kier alpha value is -0.0951. The molecule has 26 heavy (non-hydrogen) atoms. The molecular weight excluding hydrogens is 327 g/mol. The van der Waals surface area contributed by atoms with E-state index in [2.05, 4.69) is 20.8 Å². The highest BCUT2D eigenvalue weighted by molar-refractivity contribution is 6.35. The van der Waals surface area contributed by atoms with Crippen molar-refractivity contribution < 1.29 is 19.1 Å². The summed E-state index contributed by atoms with van der Waals surface area (Å²) in [5.41, 5.74) is 0.686. The molecule has 0 aromatic rings. The Labute approximate surface area is 158 Å². The molecule has 0 bridgehead atoms. The number of hydrogen-bond donors (Lipinski definition) is 1. The Morgan fingerprint density at radius 3 is 2.62 bits per heavy atom. The molecule has 0 unspecified atom stereocenters. The molecule has 0 radical (unpaired) electrons. The average molecular weight is 362 g/mol. The second kappa shape index (κ2) is 6.20. The highest BCUT2D eigenvalue weighted by Crippen LogP contribution is 2.67. The minimum absolute atomic E-state index is 0.0997. The predicted molar refractivity (Wildman–Crippen MR) is 100 cm³/mol. The van der Waals surface area contributed by atoms with Gasteiger partial charge < -0.3 is 19.1 Å². The zero-order valence-electron chi connectivity index (χ0n) is 16.7. The van der Waals surface area contributed by atoms with E-state index >= 15 is 0 Å². The highest BCUT2D eigenvalue weighted by atomic mass is 16.7. The fourth-order valence-electron chi connectivity index (χ4n) is 8.23. The Bertz CT molecular complexity index is 558. The van der Waals surface area contributed by atoms with Crippen LogP contribution in [0.3, 0.4) is 0 Å². The van der Waals surface area contributed by atoms with Gasteiger partial charge in [-0.3, -0.25) is 0 Å². The summed E-state index contributed by atoms with van der Waals surface area (Å²) >= 11 is 0. The molecule has 4 aliphatic carbocycles. The Morgan fingerprint density at radius 1 is 1.00 bits per heavy atom. The fraction of sp³-hybridized carbons (Fsp3) is 1.00. The highest BCUT2D eigenvalue weighted by Gasteiger charge is 2.65. The summed E-state index contributed by atoms with van der Waals surface area (Å²) in [6.45, 7) is 8.01. The third-order valence-corrected chi connectivity index (χ3v) is 9.49. The first-order valence-corrected chi connectivity index (χ1v) is 11.1. The summed E-state index contributed by atoms with van der Waals surface area (Å²) in [4.78, 5) is 0. The number of hydrogen-bond acceptors (Lipinski definition) is 4. The van der Waals surface area contributed by atoms with Crippen molar-refractivity contribution in [3.05, 3.63) is 0 Å². The van der Waals surface area contributed by atoms with Crippen LogP contribution in [0.2, 0.25) is 0 Å². The fourth-order valence-corrected chi connectivity index (χ4v) is 8.23. The molecule has 0 aromatic carbocycles. The molecule has 1 N–H and O–H groups in total. The Kier molecular flexibility index (Phi) is 4.29. The van der Waals surface area contributed by atoms with Gasteiger partial charge in [0.15, 0.2) is 0 Å². The van der Waals surface area contributed by atoms with Crippen molar-refractivity contribution in [3.8, 4) is 0 Å². The maximum absolute atomic E-state index is 9.78. The molecule has 4 nitrogen and oxygen atoms in total. The van der Waals surface area contributed by atoms with E-state index in [-0.39, 0.29) is 17.6 Å². The van der Waals surface area contributed by atoms with Gasteiger partial charge >= 0.3 is 7.32 Å². The monoisotopic (exact) mass is 362 g/mol. The van der Waals surface area contributed by atoms with Crippen LogP contribution in [0.25, 0.3) is 0 Å². The SMILES string of the molecule is CCO[C@H]1CC[C@@]2(C)[C@@H](CC[C@H]3[C@H]2CC[C@@]2(C)[C@@H]3C[C@@H]3OB(O)O[C@H]32)C1. The van der Waals surface area contributed by atoms with Gasteiger partial charge in [0, 0.05) is 6.61 Å². The van der Waals surface area contributed by atoms with Crippen molar-refractivity contribution in [1.29, 1.82) is 0 Å². The molecule has 5 fully saturated rings. The molecule has 0 aromatic heterocycles. The van der Waals surface area contributed by atoms with Gasteiger partial charge in [0.05, 0.1) is 18.3 Å². The number of ether oxygens (including phenoxy) is 1. The first kappa shape index (κ1) is 18.0. The average Bonchev–Trinajstić information content (AvgIpc) is 3.10. The van der Waals surface area contributed by atoms with E-state index in [1.54, 1.807) is 0 Å². The molecule has 1 heterocycles. The third-order valence-electron chi connectivity index (χ3n) is 9.49. The van der Waals surface area contributed by atoms with E-state index in [9.17, 15) is 5.02 Å². The first-order valence-electron chi connectivity index (χ1n) is 11.1. The van der Waals surface area contributed by atoms with Gasteiger partial charge in [-0.15, -0.1) is 0 Å². The minimum Gasteiger partial charge on any atom is -0.402 e. The molecule has 146 valence electrons. The second-order valence-electron chi connectivity index (χ2n) is 10.3. The van der Waals surface area contributed by atoms with Crippen LogP contribution in [0.5, 0.6) is 0 Å². The summed E-state index contributed by atoms with van der Waals surface area (Å²) in [5.74, 6) is 3.21. The van der Waals surface area contributed by atoms with E-state index in [1.807, 2.05) is 0 Å². The van der Waals surface area contributed by atoms with Crippen LogP contribution in [-0.4, -0.2) is 37.3 Å². The molecule has 5 heteroatoms. The van der Waals surface area contributed by atoms with Gasteiger partial charge in [-0.1, -0.05) is 13.8 Å². The van der Waals surface area contributed by atoms with Crippen LogP contribution in [-0.2, 0) is 14.0 Å². The Morgan fingerprint density at radius 2 is 1.81 bits per heavy atom. The molecule has 1 saturated heterocycles. The molecule has 5 aliphatic rings. The lowest BCUT2D eigenvalue weighted by molar-refractivity contribution is -0.138. The van der Waals surface area contributed by atoms with Crippen LogP contribution < -0.4 is 0 Å². The van der Waals surface area contributed by atoms with Gasteiger partial charge in [0.1, 0.15) is 0 Å².